The monoisotopic (exact) mass is 327 g/mol. The van der Waals surface area contributed by atoms with Gasteiger partial charge in [0.25, 0.3) is 0 Å². The fourth-order valence-electron chi connectivity index (χ4n) is 2.29. The minimum absolute atomic E-state index is 0.152. The second-order valence-corrected chi connectivity index (χ2v) is 10.2. The molecule has 120 valence electrons. The average Bonchev–Trinajstić information content (AvgIpc) is 2.73. The van der Waals surface area contributed by atoms with Gasteiger partial charge >= 0.3 is 0 Å². The lowest BCUT2D eigenvalue weighted by atomic mass is 10.1. The Labute approximate surface area is 137 Å². The van der Waals surface area contributed by atoms with Crippen molar-refractivity contribution in [3.63, 3.8) is 0 Å². The Kier molecular flexibility index (Phi) is 5.74. The second-order valence-electron chi connectivity index (χ2n) is 7.47. The van der Waals surface area contributed by atoms with Crippen molar-refractivity contribution in [3.8, 4) is 0 Å². The first-order valence-electron chi connectivity index (χ1n) is 7.78. The van der Waals surface area contributed by atoms with Gasteiger partial charge in [0.2, 0.25) is 0 Å². The quantitative estimate of drug-likeness (QED) is 0.911. The van der Waals surface area contributed by atoms with Crippen LogP contribution >= 0.6 is 23.1 Å². The first-order valence-corrected chi connectivity index (χ1v) is 9.65. The van der Waals surface area contributed by atoms with E-state index in [2.05, 4.69) is 62.0 Å². The van der Waals surface area contributed by atoms with Crippen LogP contribution in [0.25, 0.3) is 0 Å². The maximum absolute atomic E-state index is 4.78. The van der Waals surface area contributed by atoms with Gasteiger partial charge in [-0.1, -0.05) is 13.8 Å². The molecule has 1 fully saturated rings. The van der Waals surface area contributed by atoms with E-state index in [-0.39, 0.29) is 5.54 Å². The highest BCUT2D eigenvalue weighted by molar-refractivity contribution is 8.00. The van der Waals surface area contributed by atoms with Gasteiger partial charge in [0.15, 0.2) is 0 Å². The van der Waals surface area contributed by atoms with E-state index in [4.69, 9.17) is 4.98 Å². The highest BCUT2D eigenvalue weighted by atomic mass is 32.2. The molecule has 1 aromatic heterocycles. The Hall–Kier alpha value is -0.100. The largest absolute Gasteiger partial charge is 0.306 e. The Morgan fingerprint density at radius 3 is 2.81 bits per heavy atom. The van der Waals surface area contributed by atoms with Gasteiger partial charge in [-0.15, -0.1) is 11.3 Å². The van der Waals surface area contributed by atoms with Crippen LogP contribution in [-0.4, -0.2) is 39.0 Å². The zero-order chi connectivity index (χ0) is 15.5. The van der Waals surface area contributed by atoms with Crippen LogP contribution in [-0.2, 0) is 13.1 Å². The van der Waals surface area contributed by atoms with Gasteiger partial charge in [-0.2, -0.15) is 11.8 Å². The van der Waals surface area contributed by atoms with Crippen molar-refractivity contribution < 1.29 is 0 Å². The van der Waals surface area contributed by atoms with Crippen molar-refractivity contribution in [2.75, 3.05) is 18.8 Å². The molecule has 0 saturated carbocycles. The predicted octanol–water partition coefficient (Wildman–Crippen LogP) is 3.75. The van der Waals surface area contributed by atoms with Gasteiger partial charge in [-0.3, -0.25) is 4.90 Å². The average molecular weight is 328 g/mol. The molecule has 2 rings (SSSR count). The number of thiazole rings is 1. The van der Waals surface area contributed by atoms with Gasteiger partial charge in [0, 0.05) is 41.1 Å². The fraction of sp³-hybridized carbons (Fsp3) is 0.812. The molecule has 1 aromatic rings. The molecule has 1 N–H and O–H groups in total. The van der Waals surface area contributed by atoms with Crippen LogP contribution in [0.5, 0.6) is 0 Å². The summed E-state index contributed by atoms with van der Waals surface area (Å²) in [4.78, 5) is 7.34. The summed E-state index contributed by atoms with van der Waals surface area (Å²) in [6.45, 7) is 15.5. The molecule has 0 unspecified atom stereocenters. The summed E-state index contributed by atoms with van der Waals surface area (Å²) < 4.78 is 0.429. The molecule has 0 radical (unpaired) electrons. The molecule has 0 bridgehead atoms. The zero-order valence-corrected chi connectivity index (χ0v) is 15.7. The van der Waals surface area contributed by atoms with Crippen molar-refractivity contribution in [2.45, 2.75) is 64.4 Å². The van der Waals surface area contributed by atoms with Gasteiger partial charge in [-0.25, -0.2) is 4.98 Å². The molecule has 1 saturated heterocycles. The standard InChI is InChI=1S/C16H29N3S2/c1-15(2,3)17-10-14-18-13(12-20-14)11-19-7-6-16(4,5)21-9-8-19/h12,17H,6-11H2,1-5H3. The third kappa shape index (κ3) is 6.27. The van der Waals surface area contributed by atoms with Crippen LogP contribution in [0.4, 0.5) is 0 Å². The maximum atomic E-state index is 4.78. The zero-order valence-electron chi connectivity index (χ0n) is 14.0. The number of hydrogen-bond donors (Lipinski definition) is 1. The summed E-state index contributed by atoms with van der Waals surface area (Å²) in [6, 6.07) is 0. The van der Waals surface area contributed by atoms with E-state index < -0.39 is 0 Å². The normalized spacial score (nSPS) is 20.4. The lowest BCUT2D eigenvalue weighted by Gasteiger charge is -2.22. The number of hydrogen-bond acceptors (Lipinski definition) is 5. The van der Waals surface area contributed by atoms with Crippen LogP contribution in [0, 0.1) is 0 Å². The molecule has 0 atom stereocenters. The molecule has 0 amide bonds. The fourth-order valence-corrected chi connectivity index (χ4v) is 4.16. The second kappa shape index (κ2) is 6.99. The molecule has 0 aromatic carbocycles. The van der Waals surface area contributed by atoms with Crippen LogP contribution in [0.3, 0.4) is 0 Å². The molecule has 21 heavy (non-hydrogen) atoms. The SMILES string of the molecule is CC(C)(C)NCc1nc(CN2CCSC(C)(C)CC2)cs1. The van der Waals surface area contributed by atoms with Crippen molar-refractivity contribution in [1.82, 2.24) is 15.2 Å². The highest BCUT2D eigenvalue weighted by Gasteiger charge is 2.23. The van der Waals surface area contributed by atoms with Crippen LogP contribution < -0.4 is 5.32 Å². The third-order valence-corrected chi connectivity index (χ3v) is 5.96. The predicted molar refractivity (Wildman–Crippen MR) is 95.1 cm³/mol. The number of nitrogens with zero attached hydrogens (tertiary/aromatic N) is 2. The summed E-state index contributed by atoms with van der Waals surface area (Å²) in [5.41, 5.74) is 1.38. The molecule has 0 spiro atoms. The van der Waals surface area contributed by atoms with Crippen molar-refractivity contribution in [3.05, 3.63) is 16.1 Å². The Morgan fingerprint density at radius 2 is 2.10 bits per heavy atom. The van der Waals surface area contributed by atoms with Crippen LogP contribution in [0.2, 0.25) is 0 Å². The lowest BCUT2D eigenvalue weighted by Crippen LogP contribution is -2.35. The molecule has 1 aliphatic heterocycles. The molecular formula is C16H29N3S2. The number of rotatable bonds is 4. The summed E-state index contributed by atoms with van der Waals surface area (Å²) in [6.07, 6.45) is 1.26. The third-order valence-electron chi connectivity index (χ3n) is 3.69. The number of thioether (sulfide) groups is 1. The van der Waals surface area contributed by atoms with E-state index in [1.165, 1.54) is 36.0 Å². The minimum Gasteiger partial charge on any atom is -0.306 e. The van der Waals surface area contributed by atoms with Gasteiger partial charge < -0.3 is 5.32 Å². The van der Waals surface area contributed by atoms with Crippen LogP contribution in [0.15, 0.2) is 5.38 Å². The van der Waals surface area contributed by atoms with Crippen LogP contribution in [0.1, 0.15) is 51.7 Å². The van der Waals surface area contributed by atoms with E-state index in [1.54, 1.807) is 11.3 Å². The topological polar surface area (TPSA) is 28.2 Å². The van der Waals surface area contributed by atoms with E-state index in [9.17, 15) is 0 Å². The minimum atomic E-state index is 0.152. The summed E-state index contributed by atoms with van der Waals surface area (Å²) >= 11 is 3.88. The molecule has 2 heterocycles. The van der Waals surface area contributed by atoms with E-state index in [0.717, 1.165) is 13.1 Å². The van der Waals surface area contributed by atoms with Crippen molar-refractivity contribution >= 4 is 23.1 Å². The molecule has 1 aliphatic rings. The summed E-state index contributed by atoms with van der Waals surface area (Å²) in [7, 11) is 0. The van der Waals surface area contributed by atoms with Gasteiger partial charge in [0.05, 0.1) is 5.69 Å². The van der Waals surface area contributed by atoms with Gasteiger partial charge in [-0.05, 0) is 33.7 Å². The summed E-state index contributed by atoms with van der Waals surface area (Å²) in [5, 5.41) is 6.93. The first-order chi connectivity index (χ1) is 9.73. The van der Waals surface area contributed by atoms with Crippen molar-refractivity contribution in [1.29, 1.82) is 0 Å². The Morgan fingerprint density at radius 1 is 1.33 bits per heavy atom. The first kappa shape index (κ1) is 17.3. The number of aromatic nitrogens is 1. The molecule has 0 aliphatic carbocycles. The van der Waals surface area contributed by atoms with Gasteiger partial charge in [0.1, 0.15) is 5.01 Å². The Bertz CT molecular complexity index is 449. The molecular weight excluding hydrogens is 298 g/mol. The smallest absolute Gasteiger partial charge is 0.107 e. The molecule has 5 heteroatoms. The highest BCUT2D eigenvalue weighted by Crippen LogP contribution is 2.31. The van der Waals surface area contributed by atoms with E-state index >= 15 is 0 Å². The maximum Gasteiger partial charge on any atom is 0.107 e. The van der Waals surface area contributed by atoms with Crippen molar-refractivity contribution in [2.24, 2.45) is 0 Å². The molecule has 3 nitrogen and oxygen atoms in total. The lowest BCUT2D eigenvalue weighted by molar-refractivity contribution is 0.273. The number of nitrogens with one attached hydrogen (secondary N) is 1. The van der Waals surface area contributed by atoms with E-state index in [0.29, 0.717) is 4.75 Å². The Balaban J connectivity index is 1.85. The van der Waals surface area contributed by atoms with E-state index in [1.807, 2.05) is 0 Å². The summed E-state index contributed by atoms with van der Waals surface area (Å²) in [5.74, 6) is 1.23.